The topological polar surface area (TPSA) is 30.4 Å². The summed E-state index contributed by atoms with van der Waals surface area (Å²) < 4.78 is 7.05. The van der Waals surface area contributed by atoms with Crippen LogP contribution in [0.1, 0.15) is 25.0 Å². The van der Waals surface area contributed by atoms with E-state index in [1.807, 2.05) is 0 Å². The smallest absolute Gasteiger partial charge is 0.221 e. The van der Waals surface area contributed by atoms with E-state index < -0.39 is 0 Å². The van der Waals surface area contributed by atoms with Crippen LogP contribution in [0.2, 0.25) is 0 Å². The van der Waals surface area contributed by atoms with Gasteiger partial charge in [-0.15, -0.1) is 0 Å². The monoisotopic (exact) mass is 757 g/mol. The second kappa shape index (κ2) is 12.7. The number of hydrogen-bond donors (Lipinski definition) is 0. The quantitative estimate of drug-likeness (QED) is 0.169. The zero-order valence-corrected chi connectivity index (χ0v) is 32.8. The summed E-state index contributed by atoms with van der Waals surface area (Å²) in [5.41, 5.74) is 18.3. The van der Waals surface area contributed by atoms with Crippen LogP contribution in [0.4, 0.5) is 17.1 Å². The molecule has 11 aromatic rings. The van der Waals surface area contributed by atoms with E-state index in [1.165, 1.54) is 33.4 Å². The molecule has 12 rings (SSSR count). The summed E-state index contributed by atoms with van der Waals surface area (Å²) in [6, 6.07) is 72.3. The van der Waals surface area contributed by atoms with E-state index in [0.717, 1.165) is 67.3 Å². The molecule has 8 aromatic carbocycles. The average molecular weight is 758 g/mol. The largest absolute Gasteiger partial charge is 0.310 e. The van der Waals surface area contributed by atoms with Crippen molar-refractivity contribution >= 4 is 55.9 Å². The highest BCUT2D eigenvalue weighted by Gasteiger charge is 2.38. The SMILES string of the molecule is CC1(C)c2ccccc2-c2c(N(c3cccc(-c4ccccc4)c3)c3ccc4c(c3)n(-c3ccccc3)c3nc5c6ccccc6n(-c6ccccc6)c5n43)cccc21. The zero-order valence-electron chi connectivity index (χ0n) is 32.8. The highest BCUT2D eigenvalue weighted by molar-refractivity contribution is 6.09. The van der Waals surface area contributed by atoms with Gasteiger partial charge in [-0.25, -0.2) is 4.98 Å². The minimum absolute atomic E-state index is 0.140. The third kappa shape index (κ3) is 4.88. The summed E-state index contributed by atoms with van der Waals surface area (Å²) in [6.45, 7) is 4.71. The molecule has 0 unspecified atom stereocenters. The molecule has 0 N–H and O–H groups in total. The number of para-hydroxylation sites is 3. The summed E-state index contributed by atoms with van der Waals surface area (Å²) in [5, 5.41) is 1.13. The maximum atomic E-state index is 5.52. The van der Waals surface area contributed by atoms with E-state index in [9.17, 15) is 0 Å². The van der Waals surface area contributed by atoms with Crippen molar-refractivity contribution in [3.05, 3.63) is 211 Å². The summed E-state index contributed by atoms with van der Waals surface area (Å²) >= 11 is 0. The zero-order chi connectivity index (χ0) is 39.2. The lowest BCUT2D eigenvalue weighted by atomic mass is 9.82. The van der Waals surface area contributed by atoms with Crippen molar-refractivity contribution in [2.75, 3.05) is 4.90 Å². The predicted molar refractivity (Wildman–Crippen MR) is 244 cm³/mol. The van der Waals surface area contributed by atoms with Crippen molar-refractivity contribution in [2.45, 2.75) is 19.3 Å². The Bertz CT molecular complexity index is 3410. The number of rotatable bonds is 6. The molecule has 3 aromatic heterocycles. The van der Waals surface area contributed by atoms with Gasteiger partial charge >= 0.3 is 0 Å². The van der Waals surface area contributed by atoms with Gasteiger partial charge in [0.2, 0.25) is 5.78 Å². The summed E-state index contributed by atoms with van der Waals surface area (Å²) in [7, 11) is 0. The van der Waals surface area contributed by atoms with Gasteiger partial charge in [0.1, 0.15) is 5.52 Å². The fourth-order valence-corrected chi connectivity index (χ4v) is 9.74. The molecule has 0 radical (unpaired) electrons. The average Bonchev–Trinajstić information content (AvgIpc) is 3.98. The van der Waals surface area contributed by atoms with Crippen LogP contribution >= 0.6 is 0 Å². The molecule has 59 heavy (non-hydrogen) atoms. The van der Waals surface area contributed by atoms with Crippen molar-refractivity contribution in [3.63, 3.8) is 0 Å². The maximum absolute atomic E-state index is 5.52. The van der Waals surface area contributed by atoms with Gasteiger partial charge in [0.15, 0.2) is 5.65 Å². The molecule has 1 aliphatic rings. The molecule has 0 saturated heterocycles. The van der Waals surface area contributed by atoms with Gasteiger partial charge in [0, 0.05) is 39.1 Å². The van der Waals surface area contributed by atoms with Crippen molar-refractivity contribution in [1.82, 2.24) is 18.5 Å². The van der Waals surface area contributed by atoms with Crippen molar-refractivity contribution < 1.29 is 0 Å². The van der Waals surface area contributed by atoms with Crippen molar-refractivity contribution in [1.29, 1.82) is 0 Å². The molecule has 0 amide bonds. The van der Waals surface area contributed by atoms with Crippen molar-refractivity contribution in [2.24, 2.45) is 0 Å². The van der Waals surface area contributed by atoms with Gasteiger partial charge in [0.25, 0.3) is 0 Å². The lowest BCUT2D eigenvalue weighted by molar-refractivity contribution is 0.660. The van der Waals surface area contributed by atoms with E-state index in [2.05, 4.69) is 232 Å². The Morgan fingerprint density at radius 1 is 0.475 bits per heavy atom. The minimum atomic E-state index is -0.140. The Morgan fingerprint density at radius 3 is 1.90 bits per heavy atom. The third-order valence-corrected chi connectivity index (χ3v) is 12.4. The number of anilines is 3. The number of aromatic nitrogens is 4. The van der Waals surface area contributed by atoms with Crippen LogP contribution in [0.15, 0.2) is 200 Å². The minimum Gasteiger partial charge on any atom is -0.310 e. The normalized spacial score (nSPS) is 13.1. The molecule has 1 aliphatic carbocycles. The third-order valence-electron chi connectivity index (χ3n) is 12.4. The first kappa shape index (κ1) is 33.5. The van der Waals surface area contributed by atoms with Crippen LogP contribution in [-0.2, 0) is 5.41 Å². The second-order valence-electron chi connectivity index (χ2n) is 16.1. The molecule has 0 spiro atoms. The molecular formula is C54H39N5. The van der Waals surface area contributed by atoms with Gasteiger partial charge in [-0.05, 0) is 94.5 Å². The lowest BCUT2D eigenvalue weighted by Crippen LogP contribution is -2.16. The first-order valence-corrected chi connectivity index (χ1v) is 20.3. The fourth-order valence-electron chi connectivity index (χ4n) is 9.74. The van der Waals surface area contributed by atoms with Crippen LogP contribution in [0.3, 0.4) is 0 Å². The number of fused-ring (bicyclic) bond motifs is 10. The van der Waals surface area contributed by atoms with Gasteiger partial charge in [-0.3, -0.25) is 13.5 Å². The van der Waals surface area contributed by atoms with Gasteiger partial charge in [-0.1, -0.05) is 147 Å². The summed E-state index contributed by atoms with van der Waals surface area (Å²) in [6.07, 6.45) is 0. The summed E-state index contributed by atoms with van der Waals surface area (Å²) in [5.74, 6) is 0.873. The number of nitrogens with zero attached hydrogens (tertiary/aromatic N) is 5. The number of benzene rings is 8. The van der Waals surface area contributed by atoms with E-state index >= 15 is 0 Å². The fraction of sp³-hybridized carbons (Fsp3) is 0.0556. The van der Waals surface area contributed by atoms with Crippen LogP contribution in [0.5, 0.6) is 0 Å². The highest BCUT2D eigenvalue weighted by Crippen LogP contribution is 2.54. The van der Waals surface area contributed by atoms with E-state index in [-0.39, 0.29) is 5.41 Å². The molecule has 5 nitrogen and oxygen atoms in total. The molecule has 5 heteroatoms. The standard InChI is InChI=1S/C54H39N5/c1-54(2)44-28-14-12-26-42(44)50-45(54)29-17-31-48(50)56(40-25-16-20-37(34-40)36-18-6-3-7-19-36)41-32-33-47-49(35-41)58(39-23-10-5-11-24-39)53-55-51-43-27-13-15-30-46(43)57(52(51)59(47)53)38-21-8-4-9-22-38/h3-35H,1-2H3. The van der Waals surface area contributed by atoms with Crippen molar-refractivity contribution in [3.8, 4) is 33.6 Å². The Balaban J connectivity index is 1.18. The van der Waals surface area contributed by atoms with E-state index in [0.29, 0.717) is 0 Å². The number of imidazole rings is 2. The highest BCUT2D eigenvalue weighted by atomic mass is 15.3. The van der Waals surface area contributed by atoms with E-state index in [4.69, 9.17) is 4.98 Å². The molecule has 0 fully saturated rings. The molecule has 0 atom stereocenters. The Kier molecular flexibility index (Phi) is 7.20. The molecule has 280 valence electrons. The van der Waals surface area contributed by atoms with Crippen LogP contribution < -0.4 is 4.90 Å². The summed E-state index contributed by atoms with van der Waals surface area (Å²) in [4.78, 5) is 7.98. The first-order chi connectivity index (χ1) is 29.1. The Labute approximate surface area is 342 Å². The van der Waals surface area contributed by atoms with Crippen LogP contribution in [0, 0.1) is 0 Å². The molecule has 0 bridgehead atoms. The maximum Gasteiger partial charge on any atom is 0.221 e. The van der Waals surface area contributed by atoms with Gasteiger partial charge in [0.05, 0.1) is 22.2 Å². The number of hydrogen-bond acceptors (Lipinski definition) is 2. The molecule has 0 saturated carbocycles. The van der Waals surface area contributed by atoms with Crippen LogP contribution in [0.25, 0.3) is 72.5 Å². The van der Waals surface area contributed by atoms with Gasteiger partial charge in [-0.2, -0.15) is 0 Å². The predicted octanol–water partition coefficient (Wildman–Crippen LogP) is 13.8. The van der Waals surface area contributed by atoms with Crippen LogP contribution in [-0.4, -0.2) is 18.5 Å². The molecular weight excluding hydrogens is 719 g/mol. The second-order valence-corrected chi connectivity index (χ2v) is 16.1. The van der Waals surface area contributed by atoms with E-state index in [1.54, 1.807) is 0 Å². The Hall–Kier alpha value is -7.63. The Morgan fingerprint density at radius 2 is 1.10 bits per heavy atom. The lowest BCUT2D eigenvalue weighted by Gasteiger charge is -2.29. The molecule has 3 heterocycles. The first-order valence-electron chi connectivity index (χ1n) is 20.3. The molecule has 0 aliphatic heterocycles. The van der Waals surface area contributed by atoms with Gasteiger partial charge < -0.3 is 4.90 Å².